The van der Waals surface area contributed by atoms with Gasteiger partial charge >= 0.3 is 0 Å². The monoisotopic (exact) mass is 338 g/mol. The number of rotatable bonds is 6. The molecule has 4 heteroatoms. The van der Waals surface area contributed by atoms with Gasteiger partial charge in [-0.3, -0.25) is 4.79 Å². The normalized spacial score (nSPS) is 15.2. The molecule has 2 aromatic rings. The van der Waals surface area contributed by atoms with E-state index in [9.17, 15) is 4.79 Å². The van der Waals surface area contributed by atoms with E-state index in [1.807, 2.05) is 19.1 Å². The van der Waals surface area contributed by atoms with Crippen LogP contribution in [0.2, 0.25) is 0 Å². The van der Waals surface area contributed by atoms with Crippen LogP contribution in [-0.2, 0) is 11.2 Å². The largest absolute Gasteiger partial charge is 0.494 e. The van der Waals surface area contributed by atoms with Crippen LogP contribution in [0.25, 0.3) is 0 Å². The Morgan fingerprint density at radius 2 is 1.72 bits per heavy atom. The Kier molecular flexibility index (Phi) is 5.59. The molecule has 0 unspecified atom stereocenters. The second-order valence-electron chi connectivity index (χ2n) is 6.57. The topological polar surface area (TPSA) is 55.6 Å². The maximum atomic E-state index is 11.0. The number of hydrogen-bond acceptors (Lipinski definition) is 3. The van der Waals surface area contributed by atoms with Gasteiger partial charge in [0.2, 0.25) is 5.91 Å². The van der Waals surface area contributed by atoms with E-state index in [0.717, 1.165) is 37.2 Å². The van der Waals surface area contributed by atoms with Crippen molar-refractivity contribution in [3.05, 3.63) is 59.7 Å². The van der Waals surface area contributed by atoms with Crippen molar-refractivity contribution < 1.29 is 9.53 Å². The molecule has 1 fully saturated rings. The van der Waals surface area contributed by atoms with Crippen molar-refractivity contribution in [2.24, 2.45) is 5.73 Å². The number of carbonyl (C=O) groups is 1. The molecular formula is C21H26N2O2. The van der Waals surface area contributed by atoms with Crippen molar-refractivity contribution in [2.45, 2.75) is 32.1 Å². The fraction of sp³-hybridized carbons (Fsp3) is 0.381. The van der Waals surface area contributed by atoms with Crippen LogP contribution in [0.15, 0.2) is 48.5 Å². The average molecular weight is 338 g/mol. The number of nitrogens with two attached hydrogens (primary N) is 1. The maximum absolute atomic E-state index is 11.0. The van der Waals surface area contributed by atoms with Gasteiger partial charge in [-0.1, -0.05) is 24.3 Å². The Bertz CT molecular complexity index is 687. The highest BCUT2D eigenvalue weighted by Crippen LogP contribution is 2.31. The van der Waals surface area contributed by atoms with Gasteiger partial charge in [0, 0.05) is 18.8 Å². The molecule has 2 aromatic carbocycles. The third kappa shape index (κ3) is 4.53. The van der Waals surface area contributed by atoms with Crippen molar-refractivity contribution in [3.63, 3.8) is 0 Å². The molecule has 4 nitrogen and oxygen atoms in total. The summed E-state index contributed by atoms with van der Waals surface area (Å²) in [5.41, 5.74) is 8.84. The quantitative estimate of drug-likeness (QED) is 0.877. The van der Waals surface area contributed by atoms with E-state index in [4.69, 9.17) is 10.5 Å². The fourth-order valence-corrected chi connectivity index (χ4v) is 3.50. The zero-order chi connectivity index (χ0) is 17.6. The van der Waals surface area contributed by atoms with Crippen LogP contribution >= 0.6 is 0 Å². The van der Waals surface area contributed by atoms with E-state index < -0.39 is 0 Å². The summed E-state index contributed by atoms with van der Waals surface area (Å²) >= 11 is 0. The molecule has 0 saturated carbocycles. The average Bonchev–Trinajstić information content (AvgIpc) is 2.63. The van der Waals surface area contributed by atoms with Crippen molar-refractivity contribution in [1.82, 2.24) is 0 Å². The minimum Gasteiger partial charge on any atom is -0.494 e. The lowest BCUT2D eigenvalue weighted by Gasteiger charge is -2.34. The molecular weight excluding hydrogens is 312 g/mol. The lowest BCUT2D eigenvalue weighted by atomic mass is 9.89. The number of hydrogen-bond donors (Lipinski definition) is 1. The first-order valence-corrected chi connectivity index (χ1v) is 9.00. The summed E-state index contributed by atoms with van der Waals surface area (Å²) in [6.45, 7) is 4.81. The van der Waals surface area contributed by atoms with Gasteiger partial charge in [0.25, 0.3) is 0 Å². The fourth-order valence-electron chi connectivity index (χ4n) is 3.50. The Morgan fingerprint density at radius 1 is 1.08 bits per heavy atom. The zero-order valence-electron chi connectivity index (χ0n) is 14.8. The number of amides is 1. The van der Waals surface area contributed by atoms with E-state index in [1.165, 1.54) is 11.3 Å². The molecule has 0 aliphatic carbocycles. The van der Waals surface area contributed by atoms with Crippen molar-refractivity contribution in [2.75, 3.05) is 24.6 Å². The Balaban J connectivity index is 1.57. The van der Waals surface area contributed by atoms with Gasteiger partial charge in [0.05, 0.1) is 13.0 Å². The van der Waals surface area contributed by atoms with Crippen LogP contribution in [0.5, 0.6) is 5.75 Å². The molecule has 25 heavy (non-hydrogen) atoms. The Morgan fingerprint density at radius 3 is 2.28 bits per heavy atom. The summed E-state index contributed by atoms with van der Waals surface area (Å²) in [6, 6.07) is 16.7. The van der Waals surface area contributed by atoms with Crippen molar-refractivity contribution in [3.8, 4) is 5.75 Å². The highest BCUT2D eigenvalue weighted by atomic mass is 16.5. The summed E-state index contributed by atoms with van der Waals surface area (Å²) in [5.74, 6) is 1.27. The second-order valence-corrected chi connectivity index (χ2v) is 6.57. The smallest absolute Gasteiger partial charge is 0.221 e. The summed E-state index contributed by atoms with van der Waals surface area (Å²) in [7, 11) is 0. The number of nitrogens with zero attached hydrogens (tertiary/aromatic N) is 1. The number of ether oxygens (including phenoxy) is 1. The van der Waals surface area contributed by atoms with Crippen molar-refractivity contribution >= 4 is 11.6 Å². The summed E-state index contributed by atoms with van der Waals surface area (Å²) in [5, 5.41) is 0. The first-order chi connectivity index (χ1) is 12.2. The number of benzene rings is 2. The van der Waals surface area contributed by atoms with Gasteiger partial charge in [-0.05, 0) is 61.1 Å². The third-order valence-electron chi connectivity index (χ3n) is 4.84. The molecule has 1 amide bonds. The molecule has 3 rings (SSSR count). The number of carbonyl (C=O) groups excluding carboxylic acids is 1. The van der Waals surface area contributed by atoms with Crippen LogP contribution in [-0.4, -0.2) is 25.6 Å². The van der Waals surface area contributed by atoms with Gasteiger partial charge in [0.1, 0.15) is 5.75 Å². The highest BCUT2D eigenvalue weighted by molar-refractivity contribution is 5.76. The SMILES string of the molecule is CCOc1ccc(C2CCN(c3ccc(CC(N)=O)cc3)CC2)cc1. The minimum atomic E-state index is -0.288. The van der Waals surface area contributed by atoms with E-state index in [0.29, 0.717) is 18.9 Å². The predicted octanol–water partition coefficient (Wildman–Crippen LogP) is 3.50. The van der Waals surface area contributed by atoms with Gasteiger partial charge in [-0.2, -0.15) is 0 Å². The summed E-state index contributed by atoms with van der Waals surface area (Å²) < 4.78 is 5.52. The first-order valence-electron chi connectivity index (χ1n) is 9.00. The van der Waals surface area contributed by atoms with E-state index in [-0.39, 0.29) is 5.91 Å². The van der Waals surface area contributed by atoms with Crippen LogP contribution in [0.1, 0.15) is 36.8 Å². The molecule has 0 radical (unpaired) electrons. The number of anilines is 1. The van der Waals surface area contributed by atoms with Gasteiger partial charge < -0.3 is 15.4 Å². The molecule has 0 aromatic heterocycles. The standard InChI is InChI=1S/C21H26N2O2/c1-2-25-20-9-5-17(6-10-20)18-11-13-23(14-12-18)19-7-3-16(4-8-19)15-21(22)24/h3-10,18H,2,11-15H2,1H3,(H2,22,24). The molecule has 1 aliphatic rings. The molecule has 0 atom stereocenters. The van der Waals surface area contributed by atoms with E-state index in [1.54, 1.807) is 0 Å². The molecule has 132 valence electrons. The number of primary amides is 1. The molecule has 0 spiro atoms. The second kappa shape index (κ2) is 8.06. The van der Waals surface area contributed by atoms with Crippen LogP contribution in [0, 0.1) is 0 Å². The predicted molar refractivity (Wildman–Crippen MR) is 101 cm³/mol. The maximum Gasteiger partial charge on any atom is 0.221 e. The lowest BCUT2D eigenvalue weighted by Crippen LogP contribution is -2.32. The van der Waals surface area contributed by atoms with Gasteiger partial charge in [0.15, 0.2) is 0 Å². The molecule has 2 N–H and O–H groups in total. The number of piperidine rings is 1. The van der Waals surface area contributed by atoms with Crippen LogP contribution in [0.4, 0.5) is 5.69 Å². The lowest BCUT2D eigenvalue weighted by molar-refractivity contribution is -0.117. The minimum absolute atomic E-state index is 0.288. The summed E-state index contributed by atoms with van der Waals surface area (Å²) in [6.07, 6.45) is 2.61. The van der Waals surface area contributed by atoms with E-state index >= 15 is 0 Å². The third-order valence-corrected chi connectivity index (χ3v) is 4.84. The molecule has 1 heterocycles. The zero-order valence-corrected chi connectivity index (χ0v) is 14.8. The van der Waals surface area contributed by atoms with Crippen LogP contribution < -0.4 is 15.4 Å². The Labute approximate surface area is 149 Å². The highest BCUT2D eigenvalue weighted by Gasteiger charge is 2.20. The molecule has 1 saturated heterocycles. The van der Waals surface area contributed by atoms with Crippen molar-refractivity contribution in [1.29, 1.82) is 0 Å². The molecule has 1 aliphatic heterocycles. The molecule has 0 bridgehead atoms. The van der Waals surface area contributed by atoms with Gasteiger partial charge in [-0.25, -0.2) is 0 Å². The summed E-state index contributed by atoms with van der Waals surface area (Å²) in [4.78, 5) is 13.4. The van der Waals surface area contributed by atoms with Crippen LogP contribution in [0.3, 0.4) is 0 Å². The first kappa shape index (κ1) is 17.3. The van der Waals surface area contributed by atoms with E-state index in [2.05, 4.69) is 41.3 Å². The van der Waals surface area contributed by atoms with Gasteiger partial charge in [-0.15, -0.1) is 0 Å². The Hall–Kier alpha value is -2.49.